The number of carbonyl (C=O) groups excluding carboxylic acids is 1. The second-order valence-electron chi connectivity index (χ2n) is 2.49. The minimum atomic E-state index is -0.454. The van der Waals surface area contributed by atoms with Gasteiger partial charge in [0.1, 0.15) is 6.33 Å². The Hall–Kier alpha value is -1.48. The number of nitrogens with zero attached hydrogens (tertiary/aromatic N) is 4. The van der Waals surface area contributed by atoms with Crippen LogP contribution in [0.1, 0.15) is 16.7 Å². The molecule has 16 heavy (non-hydrogen) atoms. The molecule has 7 nitrogen and oxygen atoms in total. The first kappa shape index (κ1) is 11.0. The summed E-state index contributed by atoms with van der Waals surface area (Å²) >= 11 is 2.42. The number of hydrogen-bond acceptors (Lipinski definition) is 8. The van der Waals surface area contributed by atoms with Crippen LogP contribution < -0.4 is 0 Å². The van der Waals surface area contributed by atoms with Crippen molar-refractivity contribution >= 4 is 29.1 Å². The zero-order chi connectivity index (χ0) is 11.4. The highest BCUT2D eigenvalue weighted by Gasteiger charge is 2.14. The Balaban J connectivity index is 2.05. The molecule has 0 saturated heterocycles. The number of rotatable bonds is 4. The van der Waals surface area contributed by atoms with Crippen molar-refractivity contribution in [2.45, 2.75) is 16.4 Å². The number of hydrogen-bond donors (Lipinski definition) is 1. The first-order chi connectivity index (χ1) is 7.79. The van der Waals surface area contributed by atoms with Gasteiger partial charge in [0.2, 0.25) is 5.01 Å². The van der Waals surface area contributed by atoms with E-state index < -0.39 is 5.97 Å². The summed E-state index contributed by atoms with van der Waals surface area (Å²) in [5, 5.41) is 14.8. The third-order valence-electron chi connectivity index (χ3n) is 1.43. The van der Waals surface area contributed by atoms with E-state index in [1.165, 1.54) is 18.1 Å². The number of aromatic nitrogens is 5. The number of esters is 1. The van der Waals surface area contributed by atoms with E-state index in [1.807, 2.05) is 0 Å². The van der Waals surface area contributed by atoms with Gasteiger partial charge < -0.3 is 4.74 Å². The van der Waals surface area contributed by atoms with Crippen molar-refractivity contribution in [2.75, 3.05) is 6.61 Å². The molecule has 0 radical (unpaired) electrons. The molecule has 2 aromatic heterocycles. The zero-order valence-corrected chi connectivity index (χ0v) is 9.84. The molecular formula is C7H7N5O2S2. The molecule has 2 rings (SSSR count). The minimum absolute atomic E-state index is 0.240. The Bertz CT molecular complexity index is 469. The Labute approximate surface area is 98.6 Å². The Morgan fingerprint density at radius 2 is 2.50 bits per heavy atom. The van der Waals surface area contributed by atoms with Crippen LogP contribution in [0.3, 0.4) is 0 Å². The number of H-pyrrole nitrogens is 1. The van der Waals surface area contributed by atoms with Gasteiger partial charge in [0.05, 0.1) is 6.61 Å². The van der Waals surface area contributed by atoms with Crippen molar-refractivity contribution in [3.05, 3.63) is 11.3 Å². The Morgan fingerprint density at radius 1 is 1.62 bits per heavy atom. The molecule has 1 N–H and O–H groups in total. The summed E-state index contributed by atoms with van der Waals surface area (Å²) in [5.41, 5.74) is 0. The predicted octanol–water partition coefficient (Wildman–Crippen LogP) is 0.984. The molecule has 0 atom stereocenters. The summed E-state index contributed by atoms with van der Waals surface area (Å²) in [6.07, 6.45) is 1.40. The molecule has 0 aliphatic carbocycles. The van der Waals surface area contributed by atoms with Gasteiger partial charge in [-0.25, -0.2) is 9.78 Å². The summed E-state index contributed by atoms with van der Waals surface area (Å²) in [6, 6.07) is 0. The number of nitrogens with one attached hydrogen (secondary N) is 1. The molecule has 0 aliphatic rings. The van der Waals surface area contributed by atoms with E-state index in [0.29, 0.717) is 16.1 Å². The van der Waals surface area contributed by atoms with Gasteiger partial charge in [-0.2, -0.15) is 5.10 Å². The van der Waals surface area contributed by atoms with E-state index in [2.05, 4.69) is 25.4 Å². The fraction of sp³-hybridized carbons (Fsp3) is 0.286. The number of carbonyl (C=O) groups is 1. The minimum Gasteiger partial charge on any atom is -0.461 e. The lowest BCUT2D eigenvalue weighted by atomic mass is 10.7. The van der Waals surface area contributed by atoms with Crippen LogP contribution in [0.5, 0.6) is 0 Å². The normalized spacial score (nSPS) is 10.3. The van der Waals surface area contributed by atoms with Gasteiger partial charge >= 0.3 is 5.97 Å². The van der Waals surface area contributed by atoms with Gasteiger partial charge in [0.25, 0.3) is 0 Å². The smallest absolute Gasteiger partial charge is 0.369 e. The molecule has 0 aromatic carbocycles. The molecule has 9 heteroatoms. The molecule has 0 saturated carbocycles. The standard InChI is InChI=1S/C7H7N5O2S2/c1-2-14-5(13)4-10-12-7(15-4)16-6-8-3-9-11-6/h3H,2H2,1H3,(H,8,9,11). The number of aromatic amines is 1. The van der Waals surface area contributed by atoms with E-state index in [-0.39, 0.29) is 5.01 Å². The van der Waals surface area contributed by atoms with Crippen LogP contribution in [0.4, 0.5) is 0 Å². The lowest BCUT2D eigenvalue weighted by Crippen LogP contribution is -2.03. The van der Waals surface area contributed by atoms with Gasteiger partial charge in [-0.15, -0.1) is 10.2 Å². The first-order valence-electron chi connectivity index (χ1n) is 4.33. The molecule has 0 bridgehead atoms. The first-order valence-corrected chi connectivity index (χ1v) is 5.96. The summed E-state index contributed by atoms with van der Waals surface area (Å²) in [6.45, 7) is 2.06. The molecule has 0 unspecified atom stereocenters. The molecule has 0 spiro atoms. The van der Waals surface area contributed by atoms with Crippen LogP contribution in [0.15, 0.2) is 15.8 Å². The quantitative estimate of drug-likeness (QED) is 0.816. The topological polar surface area (TPSA) is 93.7 Å². The summed E-state index contributed by atoms with van der Waals surface area (Å²) < 4.78 is 5.41. The van der Waals surface area contributed by atoms with Crippen molar-refractivity contribution < 1.29 is 9.53 Å². The molecule has 84 valence electrons. The van der Waals surface area contributed by atoms with E-state index in [1.54, 1.807) is 6.92 Å². The lowest BCUT2D eigenvalue weighted by Gasteiger charge is -1.94. The van der Waals surface area contributed by atoms with Gasteiger partial charge in [-0.1, -0.05) is 11.3 Å². The van der Waals surface area contributed by atoms with Crippen LogP contribution in [0, 0.1) is 0 Å². The van der Waals surface area contributed by atoms with Crippen LogP contribution in [0.25, 0.3) is 0 Å². The van der Waals surface area contributed by atoms with Gasteiger partial charge in [-0.05, 0) is 18.7 Å². The zero-order valence-electron chi connectivity index (χ0n) is 8.21. The van der Waals surface area contributed by atoms with E-state index in [0.717, 1.165) is 11.3 Å². The molecule has 0 fully saturated rings. The van der Waals surface area contributed by atoms with Gasteiger partial charge in [0, 0.05) is 0 Å². The molecule has 0 aliphatic heterocycles. The van der Waals surface area contributed by atoms with E-state index in [9.17, 15) is 4.79 Å². The van der Waals surface area contributed by atoms with Crippen LogP contribution in [0.2, 0.25) is 0 Å². The third kappa shape index (κ3) is 2.55. The predicted molar refractivity (Wildman–Crippen MR) is 56.4 cm³/mol. The monoisotopic (exact) mass is 257 g/mol. The fourth-order valence-corrected chi connectivity index (χ4v) is 2.41. The average Bonchev–Trinajstić information content (AvgIpc) is 2.90. The van der Waals surface area contributed by atoms with Gasteiger partial charge in [0.15, 0.2) is 9.50 Å². The molecule has 2 heterocycles. The molecule has 2 aromatic rings. The summed E-state index contributed by atoms with van der Waals surface area (Å²) in [5.74, 6) is -0.454. The maximum absolute atomic E-state index is 11.3. The van der Waals surface area contributed by atoms with E-state index >= 15 is 0 Å². The Kier molecular flexibility index (Phi) is 3.47. The van der Waals surface area contributed by atoms with Crippen molar-refractivity contribution in [2.24, 2.45) is 0 Å². The molecule has 0 amide bonds. The maximum Gasteiger partial charge on any atom is 0.369 e. The highest BCUT2D eigenvalue weighted by Crippen LogP contribution is 2.27. The van der Waals surface area contributed by atoms with Crippen LogP contribution in [-0.2, 0) is 4.74 Å². The SMILES string of the molecule is CCOC(=O)c1nnc(Sc2ncn[nH]2)s1. The van der Waals surface area contributed by atoms with Crippen molar-refractivity contribution in [1.82, 2.24) is 25.4 Å². The summed E-state index contributed by atoms with van der Waals surface area (Å²) in [4.78, 5) is 15.2. The van der Waals surface area contributed by atoms with Gasteiger partial charge in [-0.3, -0.25) is 5.10 Å². The second-order valence-corrected chi connectivity index (χ2v) is 4.70. The maximum atomic E-state index is 11.3. The summed E-state index contributed by atoms with van der Waals surface area (Å²) in [7, 11) is 0. The van der Waals surface area contributed by atoms with E-state index in [4.69, 9.17) is 4.74 Å². The van der Waals surface area contributed by atoms with Crippen molar-refractivity contribution in [1.29, 1.82) is 0 Å². The largest absolute Gasteiger partial charge is 0.461 e. The van der Waals surface area contributed by atoms with Crippen LogP contribution in [-0.4, -0.2) is 38.0 Å². The highest BCUT2D eigenvalue weighted by molar-refractivity contribution is 8.00. The second kappa shape index (κ2) is 5.03. The van der Waals surface area contributed by atoms with Crippen molar-refractivity contribution in [3.63, 3.8) is 0 Å². The Morgan fingerprint density at radius 3 is 3.19 bits per heavy atom. The fourth-order valence-electron chi connectivity index (χ4n) is 0.852. The average molecular weight is 257 g/mol. The van der Waals surface area contributed by atoms with Crippen molar-refractivity contribution in [3.8, 4) is 0 Å². The highest BCUT2D eigenvalue weighted by atomic mass is 32.2. The van der Waals surface area contributed by atoms with Crippen LogP contribution >= 0.6 is 23.1 Å². The third-order valence-corrected chi connectivity index (χ3v) is 3.28. The lowest BCUT2D eigenvalue weighted by molar-refractivity contribution is 0.0525. The molecular weight excluding hydrogens is 250 g/mol. The number of ether oxygens (including phenoxy) is 1.